The molecule has 1 N–H and O–H groups in total. The van der Waals surface area contributed by atoms with Crippen molar-refractivity contribution in [1.29, 1.82) is 0 Å². The number of aromatic nitrogens is 1. The first-order valence-corrected chi connectivity index (χ1v) is 9.83. The minimum absolute atomic E-state index is 0.000294. The smallest absolute Gasteiger partial charge is 0.317 e. The van der Waals surface area contributed by atoms with Gasteiger partial charge in [0, 0.05) is 32.5 Å². The van der Waals surface area contributed by atoms with Gasteiger partial charge in [0.1, 0.15) is 0 Å². The quantitative estimate of drug-likeness (QED) is 0.849. The van der Waals surface area contributed by atoms with Gasteiger partial charge < -0.3 is 15.1 Å². The van der Waals surface area contributed by atoms with Crippen molar-refractivity contribution in [2.24, 2.45) is 0 Å². The second kappa shape index (κ2) is 9.51. The number of rotatable bonds is 6. The van der Waals surface area contributed by atoms with Gasteiger partial charge in [0.15, 0.2) is 0 Å². The molecule has 1 aliphatic rings. The Kier molecular flexibility index (Phi) is 6.82. The van der Waals surface area contributed by atoms with E-state index >= 15 is 0 Å². The van der Waals surface area contributed by atoms with E-state index in [1.54, 1.807) is 11.1 Å². The molecule has 1 atom stereocenters. The lowest BCUT2D eigenvalue weighted by atomic mass is 9.89. The Balaban J connectivity index is 1.38. The molecule has 0 bridgehead atoms. The highest BCUT2D eigenvalue weighted by Gasteiger charge is 2.21. The SMILES string of the molecule is C[C@H](c1cccnc1)N(C)C(=O)NCCN1CCC(c2ccccc2)CC1. The predicted octanol–water partition coefficient (Wildman–Crippen LogP) is 3.66. The zero-order chi connectivity index (χ0) is 19.1. The van der Waals surface area contributed by atoms with Crippen molar-refractivity contribution in [2.75, 3.05) is 33.2 Å². The standard InChI is InChI=1S/C22H30N4O/c1-18(21-9-6-12-23-17-21)25(2)22(27)24-13-16-26-14-10-20(11-15-26)19-7-4-3-5-8-19/h3-9,12,17-18,20H,10-11,13-16H2,1-2H3,(H,24,27)/t18-/m1/s1. The number of urea groups is 1. The number of nitrogens with zero attached hydrogens (tertiary/aromatic N) is 3. The summed E-state index contributed by atoms with van der Waals surface area (Å²) >= 11 is 0. The average molecular weight is 367 g/mol. The minimum atomic E-state index is -0.0366. The maximum absolute atomic E-state index is 12.4. The summed E-state index contributed by atoms with van der Waals surface area (Å²) in [5.41, 5.74) is 2.50. The molecular formula is C22H30N4O. The summed E-state index contributed by atoms with van der Waals surface area (Å²) in [7, 11) is 1.83. The Morgan fingerprint density at radius 2 is 1.96 bits per heavy atom. The molecule has 0 aliphatic carbocycles. The zero-order valence-electron chi connectivity index (χ0n) is 16.3. The number of carbonyl (C=O) groups is 1. The Bertz CT molecular complexity index is 699. The molecule has 2 aromatic rings. The predicted molar refractivity (Wildman–Crippen MR) is 109 cm³/mol. The van der Waals surface area contributed by atoms with E-state index < -0.39 is 0 Å². The first-order valence-electron chi connectivity index (χ1n) is 9.83. The molecule has 0 saturated carbocycles. The van der Waals surface area contributed by atoms with E-state index in [0.29, 0.717) is 12.5 Å². The lowest BCUT2D eigenvalue weighted by molar-refractivity contribution is 0.185. The molecule has 1 saturated heterocycles. The summed E-state index contributed by atoms with van der Waals surface area (Å²) in [5.74, 6) is 0.670. The summed E-state index contributed by atoms with van der Waals surface area (Å²) in [6.07, 6.45) is 5.94. The van der Waals surface area contributed by atoms with Crippen molar-refractivity contribution in [2.45, 2.75) is 31.7 Å². The molecule has 5 heteroatoms. The van der Waals surface area contributed by atoms with Crippen molar-refractivity contribution in [3.8, 4) is 0 Å². The van der Waals surface area contributed by atoms with Crippen LogP contribution in [0.3, 0.4) is 0 Å². The van der Waals surface area contributed by atoms with Crippen LogP contribution >= 0.6 is 0 Å². The third kappa shape index (κ3) is 5.30. The number of piperidine rings is 1. The van der Waals surface area contributed by atoms with Crippen LogP contribution in [0.25, 0.3) is 0 Å². The molecule has 3 rings (SSSR count). The van der Waals surface area contributed by atoms with E-state index in [9.17, 15) is 4.79 Å². The van der Waals surface area contributed by atoms with Crippen LogP contribution in [0.4, 0.5) is 4.79 Å². The zero-order valence-corrected chi connectivity index (χ0v) is 16.3. The Hall–Kier alpha value is -2.40. The molecule has 1 aliphatic heterocycles. The summed E-state index contributed by atoms with van der Waals surface area (Å²) in [6.45, 7) is 5.79. The van der Waals surface area contributed by atoms with Crippen LogP contribution in [-0.4, -0.2) is 54.0 Å². The molecule has 1 aromatic carbocycles. The van der Waals surface area contributed by atoms with Crippen LogP contribution in [0.15, 0.2) is 54.9 Å². The first-order chi connectivity index (χ1) is 13.1. The van der Waals surface area contributed by atoms with Crippen molar-refractivity contribution in [1.82, 2.24) is 20.1 Å². The molecule has 5 nitrogen and oxygen atoms in total. The van der Waals surface area contributed by atoms with Gasteiger partial charge in [0.25, 0.3) is 0 Å². The Morgan fingerprint density at radius 3 is 2.63 bits per heavy atom. The Labute approximate surface area is 162 Å². The maximum atomic E-state index is 12.4. The summed E-state index contributed by atoms with van der Waals surface area (Å²) in [4.78, 5) is 20.7. The second-order valence-electron chi connectivity index (χ2n) is 7.33. The van der Waals surface area contributed by atoms with Gasteiger partial charge in [-0.2, -0.15) is 0 Å². The fourth-order valence-corrected chi connectivity index (χ4v) is 3.68. The Morgan fingerprint density at radius 1 is 1.22 bits per heavy atom. The number of likely N-dealkylation sites (tertiary alicyclic amines) is 1. The number of hydrogen-bond donors (Lipinski definition) is 1. The van der Waals surface area contributed by atoms with Crippen LogP contribution in [0.1, 0.15) is 42.9 Å². The van der Waals surface area contributed by atoms with E-state index in [1.165, 1.54) is 18.4 Å². The monoisotopic (exact) mass is 366 g/mol. The normalized spacial score (nSPS) is 16.7. The number of nitrogens with one attached hydrogen (secondary N) is 1. The van der Waals surface area contributed by atoms with E-state index in [4.69, 9.17) is 0 Å². The molecule has 0 unspecified atom stereocenters. The number of amides is 2. The lowest BCUT2D eigenvalue weighted by Gasteiger charge is -2.32. The van der Waals surface area contributed by atoms with Crippen LogP contribution in [-0.2, 0) is 0 Å². The van der Waals surface area contributed by atoms with Gasteiger partial charge in [-0.3, -0.25) is 4.98 Å². The third-order valence-electron chi connectivity index (χ3n) is 5.63. The third-order valence-corrected chi connectivity index (χ3v) is 5.63. The van der Waals surface area contributed by atoms with Gasteiger partial charge in [0.05, 0.1) is 6.04 Å². The number of benzene rings is 1. The van der Waals surface area contributed by atoms with Gasteiger partial charge >= 0.3 is 6.03 Å². The van der Waals surface area contributed by atoms with Crippen LogP contribution in [0, 0.1) is 0 Å². The largest absolute Gasteiger partial charge is 0.337 e. The lowest BCUT2D eigenvalue weighted by Crippen LogP contribution is -2.43. The van der Waals surface area contributed by atoms with Crippen molar-refractivity contribution in [3.05, 3.63) is 66.0 Å². The van der Waals surface area contributed by atoms with Crippen molar-refractivity contribution in [3.63, 3.8) is 0 Å². The fourth-order valence-electron chi connectivity index (χ4n) is 3.68. The second-order valence-corrected chi connectivity index (χ2v) is 7.33. The van der Waals surface area contributed by atoms with E-state index in [0.717, 1.165) is 25.2 Å². The van der Waals surface area contributed by atoms with Crippen LogP contribution < -0.4 is 5.32 Å². The van der Waals surface area contributed by atoms with Gasteiger partial charge in [-0.25, -0.2) is 4.79 Å². The minimum Gasteiger partial charge on any atom is -0.337 e. The van der Waals surface area contributed by atoms with E-state index in [1.807, 2.05) is 32.3 Å². The van der Waals surface area contributed by atoms with Crippen molar-refractivity contribution < 1.29 is 4.79 Å². The van der Waals surface area contributed by atoms with Gasteiger partial charge in [0.2, 0.25) is 0 Å². The van der Waals surface area contributed by atoms with Gasteiger partial charge in [-0.15, -0.1) is 0 Å². The highest BCUT2D eigenvalue weighted by atomic mass is 16.2. The summed E-state index contributed by atoms with van der Waals surface area (Å²) < 4.78 is 0. The summed E-state index contributed by atoms with van der Waals surface area (Å²) in [6, 6.07) is 14.7. The maximum Gasteiger partial charge on any atom is 0.317 e. The average Bonchev–Trinajstić information content (AvgIpc) is 2.74. The molecule has 27 heavy (non-hydrogen) atoms. The topological polar surface area (TPSA) is 48.5 Å². The molecule has 2 heterocycles. The number of hydrogen-bond acceptors (Lipinski definition) is 3. The van der Waals surface area contributed by atoms with Gasteiger partial charge in [-0.05, 0) is 56.0 Å². The van der Waals surface area contributed by atoms with Crippen LogP contribution in [0.2, 0.25) is 0 Å². The molecular weight excluding hydrogens is 336 g/mol. The molecule has 144 valence electrons. The molecule has 2 amide bonds. The van der Waals surface area contributed by atoms with E-state index in [-0.39, 0.29) is 12.1 Å². The molecule has 0 radical (unpaired) electrons. The number of carbonyl (C=O) groups excluding carboxylic acids is 1. The van der Waals surface area contributed by atoms with Crippen LogP contribution in [0.5, 0.6) is 0 Å². The first kappa shape index (κ1) is 19.4. The fraction of sp³-hybridized carbons (Fsp3) is 0.455. The number of pyridine rings is 1. The highest BCUT2D eigenvalue weighted by molar-refractivity contribution is 5.74. The molecule has 1 fully saturated rings. The van der Waals surface area contributed by atoms with E-state index in [2.05, 4.69) is 45.5 Å². The molecule has 0 spiro atoms. The summed E-state index contributed by atoms with van der Waals surface area (Å²) in [5, 5.41) is 3.05. The molecule has 1 aromatic heterocycles. The van der Waals surface area contributed by atoms with Gasteiger partial charge in [-0.1, -0.05) is 36.4 Å². The van der Waals surface area contributed by atoms with Crippen molar-refractivity contribution >= 4 is 6.03 Å². The highest BCUT2D eigenvalue weighted by Crippen LogP contribution is 2.27.